The number of nitrogen functional groups attached to an aromatic ring is 1. The maximum absolute atomic E-state index is 11.0. The van der Waals surface area contributed by atoms with Crippen molar-refractivity contribution < 1.29 is 14.6 Å². The first kappa shape index (κ1) is 12.0. The number of nitrogens with zero attached hydrogens (tertiary/aromatic N) is 2. The number of benzene rings is 1. The molecule has 0 amide bonds. The van der Waals surface area contributed by atoms with Gasteiger partial charge in [-0.1, -0.05) is 6.07 Å². The van der Waals surface area contributed by atoms with Crippen molar-refractivity contribution in [1.82, 2.24) is 9.78 Å². The maximum Gasteiger partial charge on any atom is 0.356 e. The van der Waals surface area contributed by atoms with Crippen molar-refractivity contribution in [3.8, 4) is 11.4 Å². The van der Waals surface area contributed by atoms with Crippen molar-refractivity contribution in [2.75, 3.05) is 12.8 Å². The Kier molecular flexibility index (Phi) is 2.93. The van der Waals surface area contributed by atoms with Crippen molar-refractivity contribution >= 4 is 11.8 Å². The first-order valence-electron chi connectivity index (χ1n) is 5.27. The number of ether oxygens (including phenoxy) is 1. The number of carboxylic acid groups (broad SMARTS) is 1. The number of aromatic carboxylic acids is 1. The Morgan fingerprint density at radius 2 is 2.22 bits per heavy atom. The van der Waals surface area contributed by atoms with E-state index < -0.39 is 5.97 Å². The minimum atomic E-state index is -1.10. The van der Waals surface area contributed by atoms with E-state index in [1.165, 1.54) is 4.68 Å². The van der Waals surface area contributed by atoms with Gasteiger partial charge < -0.3 is 15.6 Å². The van der Waals surface area contributed by atoms with Crippen LogP contribution in [0, 0.1) is 6.92 Å². The van der Waals surface area contributed by atoms with Gasteiger partial charge in [-0.15, -0.1) is 0 Å². The van der Waals surface area contributed by atoms with Crippen molar-refractivity contribution in [2.45, 2.75) is 6.92 Å². The van der Waals surface area contributed by atoms with E-state index in [-0.39, 0.29) is 5.69 Å². The Labute approximate surface area is 104 Å². The van der Waals surface area contributed by atoms with Crippen LogP contribution < -0.4 is 10.5 Å². The number of carboxylic acids is 1. The summed E-state index contributed by atoms with van der Waals surface area (Å²) in [6, 6.07) is 7.07. The van der Waals surface area contributed by atoms with E-state index in [9.17, 15) is 4.79 Å². The smallest absolute Gasteiger partial charge is 0.356 e. The van der Waals surface area contributed by atoms with Gasteiger partial charge in [-0.05, 0) is 19.1 Å². The number of aromatic nitrogens is 2. The molecule has 6 nitrogen and oxygen atoms in total. The summed E-state index contributed by atoms with van der Waals surface area (Å²) in [6.07, 6.45) is 0. The second kappa shape index (κ2) is 4.40. The summed E-state index contributed by atoms with van der Waals surface area (Å²) in [5.41, 5.74) is 6.92. The maximum atomic E-state index is 11.0. The molecule has 1 aromatic heterocycles. The van der Waals surface area contributed by atoms with Crippen LogP contribution in [-0.2, 0) is 0 Å². The molecule has 94 valence electrons. The molecule has 2 aromatic rings. The Bertz CT molecular complexity index is 605. The lowest BCUT2D eigenvalue weighted by Gasteiger charge is -2.06. The number of nitrogens with two attached hydrogens (primary N) is 1. The number of rotatable bonds is 3. The Hall–Kier alpha value is -2.50. The fourth-order valence-electron chi connectivity index (χ4n) is 1.65. The van der Waals surface area contributed by atoms with Crippen LogP contribution in [0.4, 0.5) is 5.82 Å². The van der Waals surface area contributed by atoms with Gasteiger partial charge in [0.1, 0.15) is 11.6 Å². The average molecular weight is 247 g/mol. The quantitative estimate of drug-likeness (QED) is 0.857. The zero-order valence-electron chi connectivity index (χ0n) is 10.0. The second-order valence-electron chi connectivity index (χ2n) is 3.78. The molecule has 0 saturated carbocycles. The zero-order chi connectivity index (χ0) is 13.3. The molecule has 0 aliphatic carbocycles. The number of anilines is 1. The van der Waals surface area contributed by atoms with E-state index in [2.05, 4.69) is 5.10 Å². The monoisotopic (exact) mass is 247 g/mol. The average Bonchev–Trinajstić information content (AvgIpc) is 2.67. The van der Waals surface area contributed by atoms with Crippen LogP contribution in [0.1, 0.15) is 16.1 Å². The van der Waals surface area contributed by atoms with E-state index in [1.54, 1.807) is 38.3 Å². The van der Waals surface area contributed by atoms with Crippen molar-refractivity contribution in [3.05, 3.63) is 35.5 Å². The highest BCUT2D eigenvalue weighted by atomic mass is 16.5. The molecule has 0 atom stereocenters. The highest BCUT2D eigenvalue weighted by Gasteiger charge is 2.18. The fraction of sp³-hybridized carbons (Fsp3) is 0.167. The topological polar surface area (TPSA) is 90.4 Å². The van der Waals surface area contributed by atoms with Gasteiger partial charge in [0.2, 0.25) is 0 Å². The van der Waals surface area contributed by atoms with Gasteiger partial charge in [-0.2, -0.15) is 5.10 Å². The molecule has 0 spiro atoms. The van der Waals surface area contributed by atoms with Crippen molar-refractivity contribution in [3.63, 3.8) is 0 Å². The summed E-state index contributed by atoms with van der Waals surface area (Å²) < 4.78 is 6.49. The minimum Gasteiger partial charge on any atom is -0.497 e. The van der Waals surface area contributed by atoms with Crippen LogP contribution >= 0.6 is 0 Å². The summed E-state index contributed by atoms with van der Waals surface area (Å²) in [4.78, 5) is 11.0. The van der Waals surface area contributed by atoms with Crippen LogP contribution in [0.15, 0.2) is 24.3 Å². The Morgan fingerprint density at radius 1 is 1.50 bits per heavy atom. The van der Waals surface area contributed by atoms with Gasteiger partial charge in [0.05, 0.1) is 12.8 Å². The predicted octanol–water partition coefficient (Wildman–Crippen LogP) is 1.47. The van der Waals surface area contributed by atoms with E-state index in [4.69, 9.17) is 15.6 Å². The molecule has 0 fully saturated rings. The molecular weight excluding hydrogens is 234 g/mol. The molecule has 0 radical (unpaired) electrons. The number of hydrogen-bond acceptors (Lipinski definition) is 4. The standard InChI is InChI=1S/C12H13N3O3/c1-7-10(12(16)17)14-15(11(7)13)8-4-3-5-9(6-8)18-2/h3-6H,13H2,1-2H3,(H,16,17). The third-order valence-corrected chi connectivity index (χ3v) is 2.67. The molecule has 0 saturated heterocycles. The zero-order valence-corrected chi connectivity index (χ0v) is 10.0. The summed E-state index contributed by atoms with van der Waals surface area (Å²) in [5, 5.41) is 13.0. The molecule has 0 bridgehead atoms. The Balaban J connectivity index is 2.57. The molecule has 1 aromatic carbocycles. The molecule has 6 heteroatoms. The van der Waals surface area contributed by atoms with Crippen LogP contribution in [-0.4, -0.2) is 28.0 Å². The lowest BCUT2D eigenvalue weighted by Crippen LogP contribution is -2.03. The lowest BCUT2D eigenvalue weighted by atomic mass is 10.2. The van der Waals surface area contributed by atoms with E-state index in [0.29, 0.717) is 22.8 Å². The predicted molar refractivity (Wildman–Crippen MR) is 66.2 cm³/mol. The summed E-state index contributed by atoms with van der Waals surface area (Å²) in [7, 11) is 1.56. The largest absolute Gasteiger partial charge is 0.497 e. The van der Waals surface area contributed by atoms with Crippen LogP contribution in [0.5, 0.6) is 5.75 Å². The summed E-state index contributed by atoms with van der Waals surface area (Å²) >= 11 is 0. The lowest BCUT2D eigenvalue weighted by molar-refractivity contribution is 0.0689. The Morgan fingerprint density at radius 3 is 2.78 bits per heavy atom. The van der Waals surface area contributed by atoms with E-state index in [1.807, 2.05) is 0 Å². The highest BCUT2D eigenvalue weighted by Crippen LogP contribution is 2.22. The third-order valence-electron chi connectivity index (χ3n) is 2.67. The molecule has 0 aliphatic rings. The van der Waals surface area contributed by atoms with Gasteiger partial charge in [0.15, 0.2) is 5.69 Å². The van der Waals surface area contributed by atoms with E-state index >= 15 is 0 Å². The minimum absolute atomic E-state index is 0.0460. The van der Waals surface area contributed by atoms with Gasteiger partial charge in [0, 0.05) is 11.6 Å². The summed E-state index contributed by atoms with van der Waals surface area (Å²) in [6.45, 7) is 1.63. The molecule has 1 heterocycles. The molecule has 0 unspecified atom stereocenters. The molecule has 0 aliphatic heterocycles. The SMILES string of the molecule is COc1cccc(-n2nc(C(=O)O)c(C)c2N)c1. The molecule has 18 heavy (non-hydrogen) atoms. The second-order valence-corrected chi connectivity index (χ2v) is 3.78. The van der Waals surface area contributed by atoms with Crippen LogP contribution in [0.2, 0.25) is 0 Å². The molecule has 3 N–H and O–H groups in total. The van der Waals surface area contributed by atoms with Gasteiger partial charge in [0.25, 0.3) is 0 Å². The number of methoxy groups -OCH3 is 1. The van der Waals surface area contributed by atoms with Gasteiger partial charge >= 0.3 is 5.97 Å². The normalized spacial score (nSPS) is 10.3. The van der Waals surface area contributed by atoms with E-state index in [0.717, 1.165) is 0 Å². The van der Waals surface area contributed by atoms with Gasteiger partial charge in [-0.25, -0.2) is 9.48 Å². The summed E-state index contributed by atoms with van der Waals surface area (Å²) in [5.74, 6) is -0.140. The number of hydrogen-bond donors (Lipinski definition) is 2. The van der Waals surface area contributed by atoms with Crippen molar-refractivity contribution in [1.29, 1.82) is 0 Å². The van der Waals surface area contributed by atoms with Crippen molar-refractivity contribution in [2.24, 2.45) is 0 Å². The van der Waals surface area contributed by atoms with Crippen LogP contribution in [0.3, 0.4) is 0 Å². The van der Waals surface area contributed by atoms with Crippen LogP contribution in [0.25, 0.3) is 5.69 Å². The van der Waals surface area contributed by atoms with Gasteiger partial charge in [-0.3, -0.25) is 0 Å². The first-order valence-corrected chi connectivity index (χ1v) is 5.27. The molecular formula is C12H13N3O3. The molecule has 2 rings (SSSR count). The number of carbonyl (C=O) groups is 1. The third kappa shape index (κ3) is 1.88. The highest BCUT2D eigenvalue weighted by molar-refractivity contribution is 5.88. The fourth-order valence-corrected chi connectivity index (χ4v) is 1.65. The first-order chi connectivity index (χ1) is 8.54.